The predicted octanol–water partition coefficient (Wildman–Crippen LogP) is 4.25. The Hall–Kier alpha value is -3.53. The van der Waals surface area contributed by atoms with Crippen LogP contribution in [0.2, 0.25) is 0 Å². The highest BCUT2D eigenvalue weighted by Gasteiger charge is 2.34. The van der Waals surface area contributed by atoms with Crippen molar-refractivity contribution >= 4 is 22.9 Å². The zero-order chi connectivity index (χ0) is 22.9. The number of imidazole rings is 2. The molecule has 32 heavy (non-hydrogen) atoms. The first-order valence-electron chi connectivity index (χ1n) is 9.95. The van der Waals surface area contributed by atoms with Gasteiger partial charge in [0.25, 0.3) is 0 Å². The van der Waals surface area contributed by atoms with Crippen molar-refractivity contribution in [2.75, 3.05) is 17.2 Å². The van der Waals surface area contributed by atoms with Gasteiger partial charge in [-0.1, -0.05) is 24.3 Å². The molecule has 1 atom stereocenters. The zero-order valence-corrected chi connectivity index (χ0v) is 17.5. The van der Waals surface area contributed by atoms with Gasteiger partial charge >= 0.3 is 6.18 Å². The van der Waals surface area contributed by atoms with Crippen LogP contribution in [0.15, 0.2) is 54.9 Å². The summed E-state index contributed by atoms with van der Waals surface area (Å²) >= 11 is 0. The third kappa shape index (κ3) is 4.26. The summed E-state index contributed by atoms with van der Waals surface area (Å²) in [4.78, 5) is 12.0. The fourth-order valence-electron chi connectivity index (χ4n) is 3.51. The van der Waals surface area contributed by atoms with Crippen LogP contribution >= 0.6 is 0 Å². The number of aryl methyl sites for hydroxylation is 1. The van der Waals surface area contributed by atoms with Crippen molar-refractivity contribution in [2.45, 2.75) is 25.2 Å². The average Bonchev–Trinajstić information content (AvgIpc) is 3.37. The van der Waals surface area contributed by atoms with Crippen molar-refractivity contribution in [3.8, 4) is 0 Å². The van der Waals surface area contributed by atoms with E-state index in [4.69, 9.17) is 0 Å². The number of anilines is 2. The Bertz CT molecular complexity index is 1230. The standard InChI is InChI=1S/C22H23F3N6O/c1-21(13-32,15-6-4-7-16(11-15)22(23,24)25)30-19-28-17-8-3-5-14(18(17)29-19)12-27-20-26-9-10-31(20)2/h3-11,32H,12-13H2,1-2H3,(H,26,27)(H2,28,29,30). The van der Waals surface area contributed by atoms with Crippen LogP contribution in [0.3, 0.4) is 0 Å². The molecule has 2 aromatic carbocycles. The lowest BCUT2D eigenvalue weighted by molar-refractivity contribution is -0.137. The maximum Gasteiger partial charge on any atom is 0.416 e. The quantitative estimate of drug-likeness (QED) is 0.342. The van der Waals surface area contributed by atoms with E-state index in [-0.39, 0.29) is 0 Å². The topological polar surface area (TPSA) is 90.8 Å². The molecule has 4 N–H and O–H groups in total. The fourth-order valence-corrected chi connectivity index (χ4v) is 3.51. The summed E-state index contributed by atoms with van der Waals surface area (Å²) in [5.74, 6) is 1.06. The van der Waals surface area contributed by atoms with Crippen molar-refractivity contribution in [2.24, 2.45) is 7.05 Å². The number of alkyl halides is 3. The molecule has 0 aliphatic carbocycles. The van der Waals surface area contributed by atoms with E-state index in [2.05, 4.69) is 25.6 Å². The van der Waals surface area contributed by atoms with Gasteiger partial charge in [0.05, 0.1) is 28.7 Å². The molecule has 1 unspecified atom stereocenters. The second-order valence-corrected chi connectivity index (χ2v) is 7.81. The lowest BCUT2D eigenvalue weighted by Gasteiger charge is -2.29. The Labute approximate surface area is 182 Å². The molecule has 7 nitrogen and oxygen atoms in total. The smallest absolute Gasteiger partial charge is 0.394 e. The van der Waals surface area contributed by atoms with Gasteiger partial charge in [0.15, 0.2) is 0 Å². The number of aliphatic hydroxyl groups is 1. The number of aliphatic hydroxyl groups excluding tert-OH is 1. The Morgan fingerprint density at radius 3 is 2.56 bits per heavy atom. The molecule has 10 heteroatoms. The van der Waals surface area contributed by atoms with Crippen LogP contribution in [0.25, 0.3) is 11.0 Å². The molecule has 0 amide bonds. The molecule has 168 valence electrons. The van der Waals surface area contributed by atoms with Crippen molar-refractivity contribution in [3.63, 3.8) is 0 Å². The third-order valence-electron chi connectivity index (χ3n) is 5.39. The molecule has 2 aromatic heterocycles. The number of hydrogen-bond acceptors (Lipinski definition) is 5. The number of benzene rings is 2. The number of fused-ring (bicyclic) bond motifs is 1. The second-order valence-electron chi connectivity index (χ2n) is 7.81. The van der Waals surface area contributed by atoms with Gasteiger partial charge in [0, 0.05) is 26.0 Å². The van der Waals surface area contributed by atoms with E-state index < -0.39 is 23.9 Å². The molecule has 4 rings (SSSR count). The van der Waals surface area contributed by atoms with Crippen LogP contribution < -0.4 is 10.6 Å². The molecule has 4 aromatic rings. The SMILES string of the molecule is Cn1ccnc1NCc1cccc2[nH]c(NC(C)(CO)c3cccc(C(F)(F)F)c3)nc12. The largest absolute Gasteiger partial charge is 0.416 e. The molecule has 0 saturated heterocycles. The summed E-state index contributed by atoms with van der Waals surface area (Å²) in [7, 11) is 1.88. The number of halogens is 3. The van der Waals surface area contributed by atoms with E-state index in [0.29, 0.717) is 29.5 Å². The van der Waals surface area contributed by atoms with Gasteiger partial charge in [-0.25, -0.2) is 9.97 Å². The third-order valence-corrected chi connectivity index (χ3v) is 5.39. The average molecular weight is 444 g/mol. The maximum absolute atomic E-state index is 13.2. The molecule has 0 bridgehead atoms. The fraction of sp³-hybridized carbons (Fsp3) is 0.273. The van der Waals surface area contributed by atoms with Gasteiger partial charge in [0.2, 0.25) is 11.9 Å². The van der Waals surface area contributed by atoms with Crippen LogP contribution in [0.1, 0.15) is 23.6 Å². The normalized spacial score (nSPS) is 13.8. The summed E-state index contributed by atoms with van der Waals surface area (Å²) in [6.45, 7) is 1.68. The van der Waals surface area contributed by atoms with E-state index >= 15 is 0 Å². The number of hydrogen-bond donors (Lipinski definition) is 4. The number of H-pyrrole nitrogens is 1. The summed E-state index contributed by atoms with van der Waals surface area (Å²) in [6.07, 6.45) is -0.938. The highest BCUT2D eigenvalue weighted by molar-refractivity contribution is 5.81. The van der Waals surface area contributed by atoms with Gasteiger partial charge in [-0.3, -0.25) is 0 Å². The number of rotatable bonds is 7. The van der Waals surface area contributed by atoms with E-state index in [9.17, 15) is 18.3 Å². The second kappa shape index (κ2) is 8.19. The van der Waals surface area contributed by atoms with Gasteiger partial charge in [-0.15, -0.1) is 0 Å². The first-order chi connectivity index (χ1) is 15.2. The summed E-state index contributed by atoms with van der Waals surface area (Å²) in [6, 6.07) is 10.6. The Morgan fingerprint density at radius 1 is 1.12 bits per heavy atom. The highest BCUT2D eigenvalue weighted by atomic mass is 19.4. The maximum atomic E-state index is 13.2. The lowest BCUT2D eigenvalue weighted by Crippen LogP contribution is -2.36. The van der Waals surface area contributed by atoms with Gasteiger partial charge in [0.1, 0.15) is 0 Å². The lowest BCUT2D eigenvalue weighted by atomic mass is 9.91. The summed E-state index contributed by atoms with van der Waals surface area (Å²) < 4.78 is 41.3. The minimum atomic E-state index is -4.47. The molecule has 2 heterocycles. The minimum absolute atomic E-state index is 0.298. The van der Waals surface area contributed by atoms with Crippen molar-refractivity contribution in [1.82, 2.24) is 19.5 Å². The van der Waals surface area contributed by atoms with E-state index in [1.807, 2.05) is 36.0 Å². The molecule has 0 fully saturated rings. The van der Waals surface area contributed by atoms with Gasteiger partial charge < -0.3 is 25.3 Å². The molecule has 0 radical (unpaired) electrons. The Balaban J connectivity index is 1.61. The Kier molecular flexibility index (Phi) is 5.55. The molecular weight excluding hydrogens is 421 g/mol. The van der Waals surface area contributed by atoms with Crippen molar-refractivity contribution in [1.29, 1.82) is 0 Å². The van der Waals surface area contributed by atoms with E-state index in [0.717, 1.165) is 23.2 Å². The Morgan fingerprint density at radius 2 is 1.88 bits per heavy atom. The van der Waals surface area contributed by atoms with Crippen LogP contribution in [0.5, 0.6) is 0 Å². The zero-order valence-electron chi connectivity index (χ0n) is 17.5. The predicted molar refractivity (Wildman–Crippen MR) is 116 cm³/mol. The monoisotopic (exact) mass is 444 g/mol. The van der Waals surface area contributed by atoms with E-state index in [1.165, 1.54) is 6.07 Å². The van der Waals surface area contributed by atoms with Crippen molar-refractivity contribution < 1.29 is 18.3 Å². The van der Waals surface area contributed by atoms with Crippen LogP contribution in [0.4, 0.5) is 25.1 Å². The highest BCUT2D eigenvalue weighted by Crippen LogP contribution is 2.33. The summed E-state index contributed by atoms with van der Waals surface area (Å²) in [5.41, 5.74) is 0.729. The van der Waals surface area contributed by atoms with Crippen LogP contribution in [-0.2, 0) is 25.3 Å². The van der Waals surface area contributed by atoms with Gasteiger partial charge in [-0.05, 0) is 36.2 Å². The number of aromatic nitrogens is 4. The molecule has 0 saturated carbocycles. The first-order valence-corrected chi connectivity index (χ1v) is 9.95. The van der Waals surface area contributed by atoms with Crippen molar-refractivity contribution in [3.05, 3.63) is 71.5 Å². The summed E-state index contributed by atoms with van der Waals surface area (Å²) in [5, 5.41) is 16.4. The number of aromatic amines is 1. The number of nitrogens with one attached hydrogen (secondary N) is 3. The minimum Gasteiger partial charge on any atom is -0.394 e. The first kappa shape index (κ1) is 21.7. The van der Waals surface area contributed by atoms with Gasteiger partial charge in [-0.2, -0.15) is 13.2 Å². The number of nitrogens with zero attached hydrogens (tertiary/aromatic N) is 3. The number of para-hydroxylation sites is 1. The van der Waals surface area contributed by atoms with E-state index in [1.54, 1.807) is 19.2 Å². The van der Waals surface area contributed by atoms with Crippen LogP contribution in [0, 0.1) is 0 Å². The molecule has 0 spiro atoms. The molecular formula is C22H23F3N6O. The molecule has 0 aliphatic heterocycles. The molecule has 0 aliphatic rings. The van der Waals surface area contributed by atoms with Crippen LogP contribution in [-0.4, -0.2) is 31.2 Å².